The minimum Gasteiger partial charge on any atom is -0.346 e. The van der Waals surface area contributed by atoms with Gasteiger partial charge in [0, 0.05) is 51.6 Å². The molecular formula is C20H28N6O2. The van der Waals surface area contributed by atoms with E-state index in [1.807, 2.05) is 41.1 Å². The van der Waals surface area contributed by atoms with E-state index < -0.39 is 0 Å². The Morgan fingerprint density at radius 2 is 1.96 bits per heavy atom. The summed E-state index contributed by atoms with van der Waals surface area (Å²) in [6, 6.07) is 7.79. The van der Waals surface area contributed by atoms with Crippen molar-refractivity contribution in [2.45, 2.75) is 37.8 Å². The fourth-order valence-corrected chi connectivity index (χ4v) is 4.41. The van der Waals surface area contributed by atoms with Gasteiger partial charge in [0.2, 0.25) is 11.8 Å². The Bertz CT molecular complexity index is 880. The van der Waals surface area contributed by atoms with Gasteiger partial charge in [-0.2, -0.15) is 0 Å². The van der Waals surface area contributed by atoms with E-state index in [-0.39, 0.29) is 17.4 Å². The van der Waals surface area contributed by atoms with E-state index in [9.17, 15) is 9.59 Å². The second kappa shape index (κ2) is 7.50. The number of nitrogens with zero attached hydrogens (tertiary/aromatic N) is 6. The molecule has 2 amide bonds. The SMILES string of the molecule is CN1CCC2(CCC1=O)CN(C(=O)CCn1nnc3ccccc31)CCN2C. The summed E-state index contributed by atoms with van der Waals surface area (Å²) in [6.07, 6.45) is 2.67. The van der Waals surface area contributed by atoms with Gasteiger partial charge in [-0.3, -0.25) is 14.5 Å². The highest BCUT2D eigenvalue weighted by atomic mass is 16.2. The number of likely N-dealkylation sites (tertiary alicyclic amines) is 1. The summed E-state index contributed by atoms with van der Waals surface area (Å²) in [5.74, 6) is 0.350. The molecule has 0 N–H and O–H groups in total. The lowest BCUT2D eigenvalue weighted by atomic mass is 9.86. The Morgan fingerprint density at radius 1 is 1.14 bits per heavy atom. The molecule has 150 valence electrons. The van der Waals surface area contributed by atoms with Gasteiger partial charge < -0.3 is 9.80 Å². The standard InChI is InChI=1S/C20H28N6O2/c1-23-12-10-20(9-7-18(23)27)15-25(14-13-24(20)2)19(28)8-11-26-17-6-4-3-5-16(17)21-22-26/h3-6H,7-15H2,1-2H3. The van der Waals surface area contributed by atoms with E-state index in [1.54, 1.807) is 4.68 Å². The molecule has 2 fully saturated rings. The second-order valence-corrected chi connectivity index (χ2v) is 8.08. The van der Waals surface area contributed by atoms with Crippen LogP contribution in [0.5, 0.6) is 0 Å². The molecule has 0 aliphatic carbocycles. The van der Waals surface area contributed by atoms with Gasteiger partial charge in [0.15, 0.2) is 0 Å². The zero-order chi connectivity index (χ0) is 19.7. The van der Waals surface area contributed by atoms with Gasteiger partial charge >= 0.3 is 0 Å². The van der Waals surface area contributed by atoms with Gasteiger partial charge in [0.1, 0.15) is 5.52 Å². The number of hydrogen-bond acceptors (Lipinski definition) is 5. The van der Waals surface area contributed by atoms with Crippen LogP contribution in [0, 0.1) is 0 Å². The minimum absolute atomic E-state index is 0.103. The van der Waals surface area contributed by atoms with Crippen LogP contribution in [0.1, 0.15) is 25.7 Å². The Labute approximate surface area is 165 Å². The van der Waals surface area contributed by atoms with Crippen LogP contribution >= 0.6 is 0 Å². The van der Waals surface area contributed by atoms with Crippen LogP contribution in [0.3, 0.4) is 0 Å². The predicted molar refractivity (Wildman–Crippen MR) is 106 cm³/mol. The highest BCUT2D eigenvalue weighted by Crippen LogP contribution is 2.32. The third-order valence-corrected chi connectivity index (χ3v) is 6.45. The average molecular weight is 384 g/mol. The summed E-state index contributed by atoms with van der Waals surface area (Å²) in [5.41, 5.74) is 1.70. The first-order valence-corrected chi connectivity index (χ1v) is 10.00. The normalized spacial score (nSPS) is 24.1. The van der Waals surface area contributed by atoms with Crippen molar-refractivity contribution < 1.29 is 9.59 Å². The third kappa shape index (κ3) is 3.48. The maximum Gasteiger partial charge on any atom is 0.224 e. The lowest BCUT2D eigenvalue weighted by Crippen LogP contribution is -2.62. The number of piperazine rings is 1. The largest absolute Gasteiger partial charge is 0.346 e. The maximum absolute atomic E-state index is 12.9. The average Bonchev–Trinajstić information content (AvgIpc) is 3.07. The Hall–Kier alpha value is -2.48. The van der Waals surface area contributed by atoms with Crippen molar-refractivity contribution in [1.29, 1.82) is 0 Å². The summed E-state index contributed by atoms with van der Waals surface area (Å²) in [4.78, 5) is 31.2. The van der Waals surface area contributed by atoms with Crippen LogP contribution in [-0.4, -0.2) is 87.3 Å². The molecule has 1 unspecified atom stereocenters. The summed E-state index contributed by atoms with van der Waals surface area (Å²) in [5, 5.41) is 8.34. The zero-order valence-electron chi connectivity index (χ0n) is 16.7. The van der Waals surface area contributed by atoms with E-state index in [0.29, 0.717) is 25.9 Å². The third-order valence-electron chi connectivity index (χ3n) is 6.45. The van der Waals surface area contributed by atoms with E-state index in [1.165, 1.54) is 0 Å². The number of carbonyl (C=O) groups is 2. The zero-order valence-corrected chi connectivity index (χ0v) is 16.7. The van der Waals surface area contributed by atoms with Crippen molar-refractivity contribution in [3.63, 3.8) is 0 Å². The van der Waals surface area contributed by atoms with Gasteiger partial charge in [-0.25, -0.2) is 4.68 Å². The molecule has 2 aliphatic rings. The molecule has 2 aliphatic heterocycles. The fourth-order valence-electron chi connectivity index (χ4n) is 4.41. The summed E-state index contributed by atoms with van der Waals surface area (Å²) in [6.45, 7) is 3.55. The molecule has 2 aromatic rings. The maximum atomic E-state index is 12.9. The van der Waals surface area contributed by atoms with Crippen molar-refractivity contribution in [3.8, 4) is 0 Å². The molecule has 0 saturated carbocycles. The van der Waals surface area contributed by atoms with Crippen molar-refractivity contribution in [1.82, 2.24) is 29.7 Å². The minimum atomic E-state index is -0.103. The van der Waals surface area contributed by atoms with E-state index >= 15 is 0 Å². The molecule has 4 rings (SSSR count). The van der Waals surface area contributed by atoms with Gasteiger partial charge in [-0.1, -0.05) is 17.3 Å². The van der Waals surface area contributed by atoms with Crippen molar-refractivity contribution in [2.24, 2.45) is 0 Å². The number of amides is 2. The molecule has 0 bridgehead atoms. The summed E-state index contributed by atoms with van der Waals surface area (Å²) in [7, 11) is 3.99. The summed E-state index contributed by atoms with van der Waals surface area (Å²) < 4.78 is 1.80. The molecule has 8 nitrogen and oxygen atoms in total. The van der Waals surface area contributed by atoms with Crippen LogP contribution in [0.2, 0.25) is 0 Å². The first kappa shape index (κ1) is 18.9. The number of rotatable bonds is 3. The van der Waals surface area contributed by atoms with Gasteiger partial charge in [0.05, 0.1) is 12.1 Å². The van der Waals surface area contributed by atoms with Gasteiger partial charge in [-0.15, -0.1) is 5.10 Å². The molecule has 28 heavy (non-hydrogen) atoms. The Balaban J connectivity index is 1.42. The number of likely N-dealkylation sites (N-methyl/N-ethyl adjacent to an activating group) is 1. The predicted octanol–water partition coefficient (Wildman–Crippen LogP) is 0.977. The monoisotopic (exact) mass is 384 g/mol. The molecular weight excluding hydrogens is 356 g/mol. The van der Waals surface area contributed by atoms with Crippen LogP contribution in [0.4, 0.5) is 0 Å². The molecule has 3 heterocycles. The van der Waals surface area contributed by atoms with Crippen molar-refractivity contribution in [2.75, 3.05) is 40.3 Å². The number of aryl methyl sites for hydroxylation is 1. The lowest BCUT2D eigenvalue weighted by molar-refractivity contribution is -0.137. The quantitative estimate of drug-likeness (QED) is 0.789. The molecule has 2 saturated heterocycles. The molecule has 0 radical (unpaired) electrons. The van der Waals surface area contributed by atoms with Crippen LogP contribution in [0.15, 0.2) is 24.3 Å². The number of hydrogen-bond donors (Lipinski definition) is 0. The molecule has 1 aromatic carbocycles. The molecule has 1 atom stereocenters. The van der Waals surface area contributed by atoms with Crippen molar-refractivity contribution in [3.05, 3.63) is 24.3 Å². The topological polar surface area (TPSA) is 74.6 Å². The van der Waals surface area contributed by atoms with Crippen LogP contribution < -0.4 is 0 Å². The number of benzene rings is 1. The van der Waals surface area contributed by atoms with Gasteiger partial charge in [0.25, 0.3) is 0 Å². The van der Waals surface area contributed by atoms with Gasteiger partial charge in [-0.05, 0) is 32.0 Å². The van der Waals surface area contributed by atoms with Crippen LogP contribution in [-0.2, 0) is 16.1 Å². The number of para-hydroxylation sites is 1. The molecule has 8 heteroatoms. The number of fused-ring (bicyclic) bond motifs is 1. The molecule has 1 spiro atoms. The Morgan fingerprint density at radius 3 is 2.82 bits per heavy atom. The van der Waals surface area contributed by atoms with E-state index in [2.05, 4.69) is 22.3 Å². The second-order valence-electron chi connectivity index (χ2n) is 8.08. The fraction of sp³-hybridized carbons (Fsp3) is 0.600. The van der Waals surface area contributed by atoms with Crippen molar-refractivity contribution >= 4 is 22.8 Å². The molecule has 1 aromatic heterocycles. The Kier molecular flexibility index (Phi) is 5.05. The number of aromatic nitrogens is 3. The summed E-state index contributed by atoms with van der Waals surface area (Å²) >= 11 is 0. The smallest absolute Gasteiger partial charge is 0.224 e. The van der Waals surface area contributed by atoms with E-state index in [4.69, 9.17) is 0 Å². The number of carbonyl (C=O) groups excluding carboxylic acids is 2. The highest BCUT2D eigenvalue weighted by molar-refractivity contribution is 5.78. The lowest BCUT2D eigenvalue weighted by Gasteiger charge is -2.49. The first-order valence-electron chi connectivity index (χ1n) is 10.00. The van der Waals surface area contributed by atoms with E-state index in [0.717, 1.165) is 43.5 Å². The first-order chi connectivity index (χ1) is 13.5. The highest BCUT2D eigenvalue weighted by Gasteiger charge is 2.42. The van der Waals surface area contributed by atoms with Crippen LogP contribution in [0.25, 0.3) is 11.0 Å².